The molecule has 84 valence electrons. The third-order valence-electron chi connectivity index (χ3n) is 2.91. The molecular formula is C16H16Zr. The maximum absolute atomic E-state index is 2.99. The molecule has 2 aromatic carbocycles. The minimum atomic E-state index is 0. The van der Waals surface area contributed by atoms with Crippen LogP contribution in [0.15, 0.2) is 48.6 Å². The Morgan fingerprint density at radius 1 is 1.24 bits per heavy atom. The van der Waals surface area contributed by atoms with Crippen LogP contribution in [0.2, 0.25) is 0 Å². The summed E-state index contributed by atoms with van der Waals surface area (Å²) in [5.74, 6) is 0. The molecule has 0 radical (unpaired) electrons. The maximum atomic E-state index is 2.99. The van der Waals surface area contributed by atoms with Gasteiger partial charge in [0.05, 0.1) is 0 Å². The summed E-state index contributed by atoms with van der Waals surface area (Å²) < 4.78 is 0. The Bertz CT molecular complexity index is 519. The average Bonchev–Trinajstić information content (AvgIpc) is 2.93. The maximum Gasteiger partial charge on any atom is 2.00 e. The predicted molar refractivity (Wildman–Crippen MR) is 70.6 cm³/mol. The summed E-state index contributed by atoms with van der Waals surface area (Å²) in [6.45, 7) is 4.34. The smallest absolute Gasteiger partial charge is 0.273 e. The SMILES string of the molecule is Cc1cc2ccccc2[c-]1C.[C-]1=CC=CC1.[Zr+2]. The molecule has 0 fully saturated rings. The third-order valence-corrected chi connectivity index (χ3v) is 2.91. The minimum Gasteiger partial charge on any atom is -0.273 e. The first-order chi connectivity index (χ1) is 7.79. The molecule has 0 heterocycles. The molecule has 0 unspecified atom stereocenters. The zero-order chi connectivity index (χ0) is 11.4. The van der Waals surface area contributed by atoms with Gasteiger partial charge in [0, 0.05) is 0 Å². The van der Waals surface area contributed by atoms with Crippen LogP contribution in [0.1, 0.15) is 17.5 Å². The molecule has 0 saturated heterocycles. The summed E-state index contributed by atoms with van der Waals surface area (Å²) in [6, 6.07) is 10.8. The third kappa shape index (κ3) is 3.58. The minimum absolute atomic E-state index is 0. The molecule has 0 atom stereocenters. The number of benzene rings is 1. The Kier molecular flexibility index (Phi) is 5.71. The van der Waals surface area contributed by atoms with Gasteiger partial charge in [0.2, 0.25) is 0 Å². The summed E-state index contributed by atoms with van der Waals surface area (Å²) in [6.07, 6.45) is 10.0. The monoisotopic (exact) mass is 298 g/mol. The van der Waals surface area contributed by atoms with E-state index in [1.165, 1.54) is 21.9 Å². The van der Waals surface area contributed by atoms with Gasteiger partial charge in [-0.25, -0.2) is 12.2 Å². The molecule has 1 aliphatic carbocycles. The molecule has 17 heavy (non-hydrogen) atoms. The molecule has 0 spiro atoms. The van der Waals surface area contributed by atoms with E-state index in [-0.39, 0.29) is 26.2 Å². The summed E-state index contributed by atoms with van der Waals surface area (Å²) in [7, 11) is 0. The van der Waals surface area contributed by atoms with Crippen molar-refractivity contribution in [2.24, 2.45) is 0 Å². The second-order valence-electron chi connectivity index (χ2n) is 4.04. The van der Waals surface area contributed by atoms with Crippen LogP contribution >= 0.6 is 0 Å². The first-order valence-electron chi connectivity index (χ1n) is 5.62. The van der Waals surface area contributed by atoms with Crippen LogP contribution in [0, 0.1) is 19.9 Å². The molecular weight excluding hydrogens is 283 g/mol. The summed E-state index contributed by atoms with van der Waals surface area (Å²) in [4.78, 5) is 0. The fourth-order valence-corrected chi connectivity index (χ4v) is 1.86. The van der Waals surface area contributed by atoms with Crippen LogP contribution in [-0.2, 0) is 26.2 Å². The second-order valence-corrected chi connectivity index (χ2v) is 4.04. The molecule has 0 saturated carbocycles. The molecule has 1 heteroatoms. The number of aryl methyl sites for hydroxylation is 2. The van der Waals surface area contributed by atoms with Gasteiger partial charge in [0.25, 0.3) is 0 Å². The first-order valence-corrected chi connectivity index (χ1v) is 5.62. The van der Waals surface area contributed by atoms with Gasteiger partial charge in [-0.2, -0.15) is 12.1 Å². The fraction of sp³-hybridized carbons (Fsp3) is 0.188. The molecule has 0 N–H and O–H groups in total. The number of rotatable bonds is 0. The Balaban J connectivity index is 0.000000205. The van der Waals surface area contributed by atoms with E-state index in [1.807, 2.05) is 12.2 Å². The van der Waals surface area contributed by atoms with Gasteiger partial charge >= 0.3 is 26.2 Å². The van der Waals surface area contributed by atoms with E-state index in [0.717, 1.165) is 6.42 Å². The molecule has 0 aromatic heterocycles. The summed E-state index contributed by atoms with van der Waals surface area (Å²) in [5, 5.41) is 2.76. The van der Waals surface area contributed by atoms with Gasteiger partial charge in [-0.1, -0.05) is 19.9 Å². The van der Waals surface area contributed by atoms with Crippen LogP contribution in [-0.4, -0.2) is 0 Å². The van der Waals surface area contributed by atoms with Crippen molar-refractivity contribution < 1.29 is 26.2 Å². The molecule has 0 amide bonds. The van der Waals surface area contributed by atoms with E-state index in [4.69, 9.17) is 0 Å². The van der Waals surface area contributed by atoms with E-state index in [2.05, 4.69) is 56.3 Å². The van der Waals surface area contributed by atoms with Crippen LogP contribution < -0.4 is 0 Å². The van der Waals surface area contributed by atoms with Crippen molar-refractivity contribution in [2.75, 3.05) is 0 Å². The number of allylic oxidation sites excluding steroid dienone is 4. The van der Waals surface area contributed by atoms with E-state index < -0.39 is 0 Å². The quantitative estimate of drug-likeness (QED) is 0.629. The summed E-state index contributed by atoms with van der Waals surface area (Å²) >= 11 is 0. The fourth-order valence-electron chi connectivity index (χ4n) is 1.86. The zero-order valence-corrected chi connectivity index (χ0v) is 12.8. The van der Waals surface area contributed by atoms with Crippen molar-refractivity contribution in [3.8, 4) is 0 Å². The topological polar surface area (TPSA) is 0 Å². The van der Waals surface area contributed by atoms with E-state index >= 15 is 0 Å². The standard InChI is InChI=1S/C11H11.C5H5.Zr/c1-8-7-10-5-3-4-6-11(10)9(8)2;1-2-4-5-3-1;/h3-7H,1-2H3;1-3H,4H2;/q2*-1;+2. The molecule has 0 aliphatic heterocycles. The van der Waals surface area contributed by atoms with E-state index in [0.29, 0.717) is 0 Å². The Hall–Kier alpha value is -0.807. The van der Waals surface area contributed by atoms with Crippen LogP contribution in [0.3, 0.4) is 0 Å². The van der Waals surface area contributed by atoms with Crippen molar-refractivity contribution in [3.63, 3.8) is 0 Å². The van der Waals surface area contributed by atoms with Gasteiger partial charge in [0.15, 0.2) is 0 Å². The summed E-state index contributed by atoms with van der Waals surface area (Å²) in [5.41, 5.74) is 2.81. The van der Waals surface area contributed by atoms with Gasteiger partial charge in [0.1, 0.15) is 0 Å². The van der Waals surface area contributed by atoms with Crippen molar-refractivity contribution in [3.05, 3.63) is 65.8 Å². The molecule has 0 nitrogen and oxygen atoms in total. The van der Waals surface area contributed by atoms with Gasteiger partial charge in [-0.3, -0.25) is 6.08 Å². The van der Waals surface area contributed by atoms with Gasteiger partial charge < -0.3 is 0 Å². The Labute approximate surface area is 123 Å². The number of hydrogen-bond donors (Lipinski definition) is 0. The Morgan fingerprint density at radius 3 is 2.53 bits per heavy atom. The molecule has 3 rings (SSSR count). The van der Waals surface area contributed by atoms with E-state index in [9.17, 15) is 0 Å². The molecule has 1 aliphatic rings. The van der Waals surface area contributed by atoms with Crippen molar-refractivity contribution in [1.82, 2.24) is 0 Å². The average molecular weight is 300 g/mol. The Morgan fingerprint density at radius 2 is 2.00 bits per heavy atom. The van der Waals surface area contributed by atoms with Crippen LogP contribution in [0.4, 0.5) is 0 Å². The largest absolute Gasteiger partial charge is 2.00 e. The normalized spacial score (nSPS) is 12.1. The van der Waals surface area contributed by atoms with Crippen molar-refractivity contribution in [1.29, 1.82) is 0 Å². The first kappa shape index (κ1) is 14.3. The second kappa shape index (κ2) is 6.81. The zero-order valence-electron chi connectivity index (χ0n) is 10.3. The van der Waals surface area contributed by atoms with Crippen molar-refractivity contribution >= 4 is 10.8 Å². The van der Waals surface area contributed by atoms with Gasteiger partial charge in [-0.15, -0.1) is 46.5 Å². The molecule has 2 aromatic rings. The van der Waals surface area contributed by atoms with Crippen LogP contribution in [0.25, 0.3) is 10.8 Å². The van der Waals surface area contributed by atoms with Crippen LogP contribution in [0.5, 0.6) is 0 Å². The van der Waals surface area contributed by atoms with E-state index in [1.54, 1.807) is 0 Å². The predicted octanol–water partition coefficient (Wildman–Crippen LogP) is 4.48. The number of hydrogen-bond acceptors (Lipinski definition) is 0. The van der Waals surface area contributed by atoms with Crippen molar-refractivity contribution in [2.45, 2.75) is 20.3 Å². The molecule has 0 bridgehead atoms. The van der Waals surface area contributed by atoms with Gasteiger partial charge in [-0.05, 0) is 0 Å². The number of fused-ring (bicyclic) bond motifs is 1.